The zero-order valence-electron chi connectivity index (χ0n) is 61.4. The minimum Gasteiger partial charge on any atom is -0.461 e. The molecule has 0 bridgehead atoms. The molecule has 578 valence electrons. The van der Waals surface area contributed by atoms with Crippen molar-refractivity contribution >= 4 is 61.5 Å². The number of alkyl carbamates (subject to hydrolysis) is 2. The van der Waals surface area contributed by atoms with Gasteiger partial charge in [0.2, 0.25) is 11.8 Å². The number of likely N-dealkylation sites (tertiary alicyclic amines) is 2. The zero-order chi connectivity index (χ0) is 76.4. The number of hydrogen-bond acceptors (Lipinski definition) is 21. The predicted octanol–water partition coefficient (Wildman–Crippen LogP) is 11.0. The first kappa shape index (κ1) is 82.9. The number of esters is 1. The Labute approximate surface area is 621 Å². The summed E-state index contributed by atoms with van der Waals surface area (Å²) in [6.07, 6.45) is 4.31. The Hall–Kier alpha value is -8.71. The average Bonchev–Trinajstić information content (AvgIpc) is 0.747. The number of carbonyl (C=O) groups is 7. The Kier molecular flexibility index (Phi) is 30.7. The van der Waals surface area contributed by atoms with E-state index in [1.54, 1.807) is 65.8 Å². The first-order chi connectivity index (χ1) is 50.6. The predicted molar refractivity (Wildman–Crippen MR) is 392 cm³/mol. The normalized spacial score (nSPS) is 18.0. The molecule has 106 heavy (non-hydrogen) atoms. The van der Waals surface area contributed by atoms with Crippen molar-refractivity contribution in [1.29, 1.82) is 0 Å². The van der Waals surface area contributed by atoms with E-state index in [1.165, 1.54) is 58.3 Å². The molecule has 9 rings (SSSR count). The van der Waals surface area contributed by atoms with Crippen molar-refractivity contribution in [1.82, 2.24) is 31.4 Å². The van der Waals surface area contributed by atoms with Crippen LogP contribution in [0.2, 0.25) is 0 Å². The molecule has 4 aliphatic heterocycles. The number of nitrogens with two attached hydrogens (primary N) is 1. The maximum Gasteiger partial charge on any atom is 0.408 e. The lowest BCUT2D eigenvalue weighted by Crippen LogP contribution is -2.60. The quantitative estimate of drug-likeness (QED) is 0.0123. The molecule has 4 aliphatic rings. The molecule has 29 heteroatoms. The first-order valence-electron chi connectivity index (χ1n) is 36.4. The van der Waals surface area contributed by atoms with Gasteiger partial charge in [-0.2, -0.15) is 0 Å². The molecule has 27 nitrogen and oxygen atoms in total. The van der Waals surface area contributed by atoms with E-state index in [9.17, 15) is 50.4 Å². The van der Waals surface area contributed by atoms with Gasteiger partial charge in [-0.25, -0.2) is 47.1 Å². The molecule has 0 aliphatic carbocycles. The number of para-hydroxylation sites is 2. The number of rotatable bonds is 30. The van der Waals surface area contributed by atoms with Crippen LogP contribution in [0, 0.1) is 0 Å². The minimum atomic E-state index is -4.38. The second-order valence-electron chi connectivity index (χ2n) is 28.5. The molecule has 4 fully saturated rings. The fourth-order valence-corrected chi connectivity index (χ4v) is 16.4. The number of unbranched alkanes of at least 4 members (excludes halogenated alkanes) is 3. The molecule has 4 heterocycles. The first-order valence-corrected chi connectivity index (χ1v) is 39.3. The Morgan fingerprint density at radius 2 is 0.877 bits per heavy atom. The molecule has 0 saturated carbocycles. The van der Waals surface area contributed by atoms with Crippen LogP contribution in [0.15, 0.2) is 149 Å². The van der Waals surface area contributed by atoms with Crippen LogP contribution in [0.4, 0.5) is 9.59 Å². The summed E-state index contributed by atoms with van der Waals surface area (Å²) in [5, 5.41) is 5.37. The average molecular weight is 1510 g/mol. The molecule has 5 aromatic carbocycles. The molecule has 0 spiro atoms. The van der Waals surface area contributed by atoms with E-state index in [-0.39, 0.29) is 87.1 Å². The van der Waals surface area contributed by atoms with Crippen LogP contribution in [0.25, 0.3) is 0 Å². The summed E-state index contributed by atoms with van der Waals surface area (Å²) in [6, 6.07) is 37.3. The van der Waals surface area contributed by atoms with Gasteiger partial charge in [0, 0.05) is 58.7 Å². The van der Waals surface area contributed by atoms with Gasteiger partial charge < -0.3 is 59.3 Å². The van der Waals surface area contributed by atoms with E-state index in [0.29, 0.717) is 94.1 Å². The summed E-state index contributed by atoms with van der Waals surface area (Å²) < 4.78 is 92.8. The number of hydrogen-bond donors (Lipinski definition) is 5. The summed E-state index contributed by atoms with van der Waals surface area (Å²) in [4.78, 5) is 107. The number of piperidine rings is 2. The Morgan fingerprint density at radius 3 is 1.25 bits per heavy atom. The highest BCUT2D eigenvalue weighted by Gasteiger charge is 2.56. The van der Waals surface area contributed by atoms with E-state index in [2.05, 4.69) is 21.6 Å². The molecule has 4 saturated heterocycles. The monoisotopic (exact) mass is 1510 g/mol. The highest BCUT2D eigenvalue weighted by atomic mass is 32.2. The van der Waals surface area contributed by atoms with Gasteiger partial charge in [0.25, 0.3) is 11.8 Å². The second kappa shape index (κ2) is 39.2. The fraction of sp³-hybridized carbons (Fsp3) is 0.519. The number of ether oxygens (including phenoxy) is 7. The van der Waals surface area contributed by atoms with Crippen LogP contribution < -0.4 is 36.8 Å². The summed E-state index contributed by atoms with van der Waals surface area (Å²) in [6.45, 7) is 11.6. The minimum absolute atomic E-state index is 0.0516. The van der Waals surface area contributed by atoms with Crippen molar-refractivity contribution in [3.63, 3.8) is 0 Å². The van der Waals surface area contributed by atoms with E-state index < -0.39 is 101 Å². The third kappa shape index (κ3) is 24.2. The molecular weight excluding hydrogens is 1410 g/mol. The molecular formula is C77H103N7O20S2. The van der Waals surface area contributed by atoms with Crippen LogP contribution in [-0.2, 0) is 83.6 Å². The van der Waals surface area contributed by atoms with Gasteiger partial charge >= 0.3 is 18.2 Å². The SMILES string of the molecule is CC(C)(C)OC(=O)N[C@@H](CCCCCC(=O)OCc1ccccc1)C(=O)N1CCC(C(=O)NOC2CCCCO2)(S(=O)(=O)c2ccc(Oc3ccccc3)cc2)CC1.CC(C)(C)OC(=O)N[C@@H](CCCCN)C(=O)N1CCC(C(=O)NOC2CCCCO2)(S(=O)(=O)c2ccc(Oc3ccccc3)cc2)CC1. The highest BCUT2D eigenvalue weighted by Crippen LogP contribution is 2.40. The number of hydroxylamine groups is 2. The molecule has 6 amide bonds. The lowest BCUT2D eigenvalue weighted by Gasteiger charge is -2.41. The van der Waals surface area contributed by atoms with Crippen molar-refractivity contribution in [3.05, 3.63) is 145 Å². The summed E-state index contributed by atoms with van der Waals surface area (Å²) >= 11 is 0. The number of benzene rings is 5. The van der Waals surface area contributed by atoms with Gasteiger partial charge in [-0.1, -0.05) is 79.6 Å². The van der Waals surface area contributed by atoms with Crippen LogP contribution in [0.1, 0.15) is 163 Å². The van der Waals surface area contributed by atoms with Crippen LogP contribution in [0.3, 0.4) is 0 Å². The third-order valence-corrected chi connectivity index (χ3v) is 23.3. The Bertz CT molecular complexity index is 3870. The lowest BCUT2D eigenvalue weighted by molar-refractivity contribution is -0.202. The van der Waals surface area contributed by atoms with Crippen molar-refractivity contribution in [2.24, 2.45) is 5.73 Å². The summed E-state index contributed by atoms with van der Waals surface area (Å²) in [7, 11) is -8.70. The smallest absolute Gasteiger partial charge is 0.408 e. The fourth-order valence-electron chi connectivity index (χ4n) is 12.5. The maximum absolute atomic E-state index is 14.5. The van der Waals surface area contributed by atoms with Crippen molar-refractivity contribution < 1.29 is 93.2 Å². The van der Waals surface area contributed by atoms with Gasteiger partial charge in [-0.05, 0) is 210 Å². The zero-order valence-corrected chi connectivity index (χ0v) is 63.1. The number of nitrogens with zero attached hydrogens (tertiary/aromatic N) is 2. The third-order valence-electron chi connectivity index (χ3n) is 18.2. The topological polar surface area (TPSA) is 351 Å². The molecule has 6 N–H and O–H groups in total. The van der Waals surface area contributed by atoms with Crippen molar-refractivity contribution in [2.45, 2.75) is 219 Å². The van der Waals surface area contributed by atoms with Gasteiger partial charge in [0.1, 0.15) is 52.9 Å². The van der Waals surface area contributed by atoms with Gasteiger partial charge in [0.15, 0.2) is 41.7 Å². The Morgan fingerprint density at radius 1 is 0.500 bits per heavy atom. The van der Waals surface area contributed by atoms with Gasteiger partial charge in [-0.3, -0.25) is 24.0 Å². The summed E-state index contributed by atoms with van der Waals surface area (Å²) in [5.41, 5.74) is 9.72. The van der Waals surface area contributed by atoms with Gasteiger partial charge in [0.05, 0.1) is 9.79 Å². The lowest BCUT2D eigenvalue weighted by atomic mass is 9.94. The molecule has 4 atom stereocenters. The maximum atomic E-state index is 14.5. The number of amides is 6. The van der Waals surface area contributed by atoms with E-state index in [0.717, 1.165) is 31.2 Å². The largest absolute Gasteiger partial charge is 0.461 e. The highest BCUT2D eigenvalue weighted by molar-refractivity contribution is 7.94. The van der Waals surface area contributed by atoms with Crippen LogP contribution in [-0.4, -0.2) is 160 Å². The van der Waals surface area contributed by atoms with Crippen molar-refractivity contribution in [2.75, 3.05) is 45.9 Å². The molecule has 2 unspecified atom stereocenters. The number of sulfone groups is 2. The number of nitrogens with one attached hydrogen (secondary N) is 4. The van der Waals surface area contributed by atoms with Crippen LogP contribution >= 0.6 is 0 Å². The van der Waals surface area contributed by atoms with Crippen LogP contribution in [0.5, 0.6) is 23.0 Å². The Balaban J connectivity index is 0.000000273. The second-order valence-corrected chi connectivity index (χ2v) is 33.1. The van der Waals surface area contributed by atoms with E-state index in [4.69, 9.17) is 48.6 Å². The standard InChI is InChI=1S/C43H55N3O11S.C34H48N4O9S/c1-42(2,3)56-41(50)44-36(19-11-6-12-20-37(47)54-31-32-15-7-4-8-16-32)39(48)46-28-26-43(27-29-46,40(49)45-57-38-21-13-14-30-53-38)58(51,52)35-24-22-34(23-25-35)55-33-17-9-5-10-18-33;1-33(2,3)46-32(41)36-28(13-7-9-21-35)30(39)38-22-19-34(20-23-38,31(40)37-47-29-14-8-10-24-44-29)48(42,43)27-17-15-26(16-18-27)45-25-11-5-4-6-12-25/h4-5,7-10,15-18,22-25,36,38H,6,11-14,19-21,26-31H2,1-3H3,(H,44,50)(H,45,49);4-6,11-12,15-18,28-29H,7-10,13-14,19-24,35H2,1-3H3,(H,36,41)(H,37,40)/t36-,38?;28-,29?/m00/s1. The van der Waals surface area contributed by atoms with E-state index in [1.807, 2.05) is 66.7 Å². The molecule has 5 aromatic rings. The van der Waals surface area contributed by atoms with Gasteiger partial charge in [-0.15, -0.1) is 0 Å². The molecule has 0 aromatic heterocycles. The molecule has 0 radical (unpaired) electrons. The number of carbonyl (C=O) groups excluding carboxylic acids is 7. The van der Waals surface area contributed by atoms with E-state index >= 15 is 0 Å². The van der Waals surface area contributed by atoms with Crippen molar-refractivity contribution in [3.8, 4) is 23.0 Å². The summed E-state index contributed by atoms with van der Waals surface area (Å²) in [5.74, 6) is -0.843.